The zero-order chi connectivity index (χ0) is 11.9. The Bertz CT molecular complexity index is 621. The summed E-state index contributed by atoms with van der Waals surface area (Å²) in [6, 6.07) is 6.20. The molecule has 1 fully saturated rings. The van der Waals surface area contributed by atoms with Gasteiger partial charge in [-0.1, -0.05) is 12.1 Å². The molecule has 17 heavy (non-hydrogen) atoms. The minimum atomic E-state index is -0.312. The molecule has 0 bridgehead atoms. The molecule has 2 aromatic rings. The first kappa shape index (κ1) is 10.8. The van der Waals surface area contributed by atoms with Crippen molar-refractivity contribution in [1.29, 1.82) is 0 Å². The van der Waals surface area contributed by atoms with Crippen molar-refractivity contribution in [2.45, 2.75) is 24.8 Å². The minimum Gasteiger partial charge on any atom is -0.360 e. The maximum absolute atomic E-state index is 10.5. The van der Waals surface area contributed by atoms with Gasteiger partial charge in [-0.3, -0.25) is 0 Å². The molecular weight excluding hydrogens is 280 g/mol. The molecule has 1 aromatic heterocycles. The van der Waals surface area contributed by atoms with E-state index in [0.717, 1.165) is 40.2 Å². The highest BCUT2D eigenvalue weighted by atomic mass is 79.9. The second-order valence-electron chi connectivity index (χ2n) is 4.49. The summed E-state index contributed by atoms with van der Waals surface area (Å²) in [4.78, 5) is 17.8. The van der Waals surface area contributed by atoms with Crippen molar-refractivity contribution in [3.05, 3.63) is 34.4 Å². The van der Waals surface area contributed by atoms with Gasteiger partial charge < -0.3 is 4.98 Å². The SMILES string of the molecule is O=C=NC1(c2ccc3c(Br)c[nH]c3c2)CCC1. The molecule has 1 aliphatic carbocycles. The molecule has 4 heteroatoms. The van der Waals surface area contributed by atoms with E-state index >= 15 is 0 Å². The average molecular weight is 291 g/mol. The van der Waals surface area contributed by atoms with Crippen molar-refractivity contribution < 1.29 is 4.79 Å². The molecule has 1 N–H and O–H groups in total. The van der Waals surface area contributed by atoms with E-state index in [0.29, 0.717) is 0 Å². The molecule has 86 valence electrons. The van der Waals surface area contributed by atoms with E-state index in [4.69, 9.17) is 0 Å². The Hall–Kier alpha value is -1.38. The molecule has 1 heterocycles. The van der Waals surface area contributed by atoms with Gasteiger partial charge in [0, 0.05) is 21.6 Å². The van der Waals surface area contributed by atoms with Crippen LogP contribution in [0.2, 0.25) is 0 Å². The summed E-state index contributed by atoms with van der Waals surface area (Å²) in [5.74, 6) is 0. The maximum Gasteiger partial charge on any atom is 0.235 e. The predicted molar refractivity (Wildman–Crippen MR) is 69.6 cm³/mol. The summed E-state index contributed by atoms with van der Waals surface area (Å²) in [7, 11) is 0. The average Bonchev–Trinajstić information content (AvgIpc) is 2.65. The van der Waals surface area contributed by atoms with Crippen molar-refractivity contribution in [1.82, 2.24) is 4.98 Å². The van der Waals surface area contributed by atoms with Crippen LogP contribution in [0.3, 0.4) is 0 Å². The monoisotopic (exact) mass is 290 g/mol. The maximum atomic E-state index is 10.5. The quantitative estimate of drug-likeness (QED) is 0.666. The number of aromatic amines is 1. The number of benzene rings is 1. The number of hydrogen-bond acceptors (Lipinski definition) is 2. The number of nitrogens with one attached hydrogen (secondary N) is 1. The van der Waals surface area contributed by atoms with E-state index in [2.05, 4.69) is 44.1 Å². The number of halogens is 1. The van der Waals surface area contributed by atoms with E-state index in [1.165, 1.54) is 0 Å². The molecular formula is C13H11BrN2O. The van der Waals surface area contributed by atoms with Gasteiger partial charge >= 0.3 is 0 Å². The topological polar surface area (TPSA) is 45.2 Å². The van der Waals surface area contributed by atoms with E-state index in [1.807, 2.05) is 6.20 Å². The zero-order valence-electron chi connectivity index (χ0n) is 9.16. The third-order valence-electron chi connectivity index (χ3n) is 3.61. The summed E-state index contributed by atoms with van der Waals surface area (Å²) < 4.78 is 1.06. The lowest BCUT2D eigenvalue weighted by Crippen LogP contribution is -2.31. The third kappa shape index (κ3) is 1.56. The Morgan fingerprint density at radius 3 is 2.88 bits per heavy atom. The van der Waals surface area contributed by atoms with Crippen molar-refractivity contribution in [3.63, 3.8) is 0 Å². The standard InChI is InChI=1S/C13H11BrN2O/c14-11-7-15-12-6-9(2-3-10(11)12)13(16-8-17)4-1-5-13/h2-3,6-7,15H,1,4-5H2. The lowest BCUT2D eigenvalue weighted by atomic mass is 9.72. The fraction of sp³-hybridized carbons (Fsp3) is 0.308. The minimum absolute atomic E-state index is 0.312. The van der Waals surface area contributed by atoms with Crippen LogP contribution in [0, 0.1) is 0 Å². The molecule has 1 aromatic carbocycles. The number of hydrogen-bond donors (Lipinski definition) is 1. The number of fused-ring (bicyclic) bond motifs is 1. The molecule has 1 saturated carbocycles. The van der Waals surface area contributed by atoms with Crippen LogP contribution in [0.1, 0.15) is 24.8 Å². The highest BCUT2D eigenvalue weighted by Gasteiger charge is 2.38. The molecule has 0 saturated heterocycles. The normalized spacial score (nSPS) is 17.5. The van der Waals surface area contributed by atoms with E-state index in [9.17, 15) is 4.79 Å². The smallest absolute Gasteiger partial charge is 0.235 e. The van der Waals surface area contributed by atoms with E-state index in [1.54, 1.807) is 6.08 Å². The molecule has 0 spiro atoms. The van der Waals surface area contributed by atoms with E-state index in [-0.39, 0.29) is 5.54 Å². The Kier molecular flexibility index (Phi) is 2.42. The first-order chi connectivity index (χ1) is 8.25. The molecule has 0 amide bonds. The van der Waals surface area contributed by atoms with Crippen LogP contribution < -0.4 is 0 Å². The van der Waals surface area contributed by atoms with Crippen molar-refractivity contribution in [2.75, 3.05) is 0 Å². The largest absolute Gasteiger partial charge is 0.360 e. The van der Waals surface area contributed by atoms with Crippen LogP contribution in [0.15, 0.2) is 33.9 Å². The van der Waals surface area contributed by atoms with Gasteiger partial charge in [-0.05, 0) is 46.8 Å². The summed E-state index contributed by atoms with van der Waals surface area (Å²) in [5.41, 5.74) is 1.86. The fourth-order valence-corrected chi connectivity index (χ4v) is 2.90. The number of rotatable bonds is 2. The molecule has 3 rings (SSSR count). The summed E-state index contributed by atoms with van der Waals surface area (Å²) in [5, 5.41) is 1.15. The van der Waals surface area contributed by atoms with Crippen molar-refractivity contribution in [2.24, 2.45) is 4.99 Å². The van der Waals surface area contributed by atoms with E-state index < -0.39 is 0 Å². The lowest BCUT2D eigenvalue weighted by molar-refractivity contribution is 0.256. The Morgan fingerprint density at radius 2 is 2.24 bits per heavy atom. The van der Waals surface area contributed by atoms with Crippen LogP contribution in [-0.2, 0) is 10.3 Å². The summed E-state index contributed by atoms with van der Waals surface area (Å²) in [6.45, 7) is 0. The molecule has 0 unspecified atom stereocenters. The second kappa shape index (κ2) is 3.83. The summed E-state index contributed by atoms with van der Waals surface area (Å²) >= 11 is 3.49. The zero-order valence-corrected chi connectivity index (χ0v) is 10.8. The molecule has 1 aliphatic rings. The number of aliphatic imine (C=N–C) groups is 1. The molecule has 0 atom stereocenters. The number of H-pyrrole nitrogens is 1. The Labute approximate surface area is 107 Å². The number of isocyanates is 1. The van der Waals surface area contributed by atoms with Gasteiger partial charge in [0.15, 0.2) is 0 Å². The lowest BCUT2D eigenvalue weighted by Gasteiger charge is -2.37. The Morgan fingerprint density at radius 1 is 1.41 bits per heavy atom. The van der Waals surface area contributed by atoms with Crippen LogP contribution in [0.4, 0.5) is 0 Å². The predicted octanol–water partition coefficient (Wildman–Crippen LogP) is 3.65. The van der Waals surface area contributed by atoms with Crippen molar-refractivity contribution in [3.8, 4) is 0 Å². The molecule has 3 nitrogen and oxygen atoms in total. The fourth-order valence-electron chi connectivity index (χ4n) is 2.44. The van der Waals surface area contributed by atoms with Crippen LogP contribution >= 0.6 is 15.9 Å². The number of aromatic nitrogens is 1. The van der Waals surface area contributed by atoms with Gasteiger partial charge in [-0.2, -0.15) is 4.99 Å². The van der Waals surface area contributed by atoms with Gasteiger partial charge in [0.05, 0.1) is 5.54 Å². The second-order valence-corrected chi connectivity index (χ2v) is 5.34. The third-order valence-corrected chi connectivity index (χ3v) is 4.27. The number of carbonyl (C=O) groups excluding carboxylic acids is 1. The van der Waals surface area contributed by atoms with Gasteiger partial charge in [0.25, 0.3) is 0 Å². The summed E-state index contributed by atoms with van der Waals surface area (Å²) in [6.07, 6.45) is 6.64. The van der Waals surface area contributed by atoms with Gasteiger partial charge in [-0.15, -0.1) is 0 Å². The van der Waals surface area contributed by atoms with Gasteiger partial charge in [-0.25, -0.2) is 4.79 Å². The first-order valence-electron chi connectivity index (χ1n) is 5.61. The highest BCUT2D eigenvalue weighted by Crippen LogP contribution is 2.45. The van der Waals surface area contributed by atoms with Crippen molar-refractivity contribution >= 4 is 32.9 Å². The van der Waals surface area contributed by atoms with Crippen LogP contribution in [-0.4, -0.2) is 11.1 Å². The highest BCUT2D eigenvalue weighted by molar-refractivity contribution is 9.10. The molecule has 0 aliphatic heterocycles. The number of nitrogens with zero attached hydrogens (tertiary/aromatic N) is 1. The van der Waals surface area contributed by atoms with Crippen LogP contribution in [0.5, 0.6) is 0 Å². The first-order valence-corrected chi connectivity index (χ1v) is 6.41. The van der Waals surface area contributed by atoms with Gasteiger partial charge in [0.1, 0.15) is 0 Å². The van der Waals surface area contributed by atoms with Gasteiger partial charge in [0.2, 0.25) is 6.08 Å². The Balaban J connectivity index is 2.14. The molecule has 0 radical (unpaired) electrons. The van der Waals surface area contributed by atoms with Crippen LogP contribution in [0.25, 0.3) is 10.9 Å².